The third kappa shape index (κ3) is 6.11. The normalized spacial score (nSPS) is 20.4. The minimum atomic E-state index is -0.629. The van der Waals surface area contributed by atoms with Crippen molar-refractivity contribution in [2.75, 3.05) is 11.1 Å². The van der Waals surface area contributed by atoms with Crippen molar-refractivity contribution < 1.29 is 24.1 Å². The number of nitrogens with one attached hydrogen (secondary N) is 1. The molecule has 4 rings (SSSR count). The summed E-state index contributed by atoms with van der Waals surface area (Å²) in [5.74, 6) is 0.436. The SMILES string of the molecule is CC(=O)Nc1cccc([C@H]2O[C@@H](CSc3cccc[n+]3[O-])C[C@@H](c3ccc(CO)cc3)O2)c1. The topological polar surface area (TPSA) is 94.7 Å². The molecule has 8 heteroatoms. The first-order valence-electron chi connectivity index (χ1n) is 10.7. The van der Waals surface area contributed by atoms with Crippen LogP contribution in [0, 0.1) is 5.21 Å². The zero-order chi connectivity index (χ0) is 23.2. The van der Waals surface area contributed by atoms with E-state index in [1.165, 1.54) is 24.9 Å². The maximum atomic E-state index is 12.0. The van der Waals surface area contributed by atoms with Gasteiger partial charge in [0.25, 0.3) is 5.03 Å². The van der Waals surface area contributed by atoms with Crippen LogP contribution in [0.15, 0.2) is 78.0 Å². The maximum Gasteiger partial charge on any atom is 0.251 e. The summed E-state index contributed by atoms with van der Waals surface area (Å²) in [6.45, 7) is 1.45. The second-order valence-corrected chi connectivity index (χ2v) is 8.87. The fourth-order valence-corrected chi connectivity index (χ4v) is 4.63. The highest BCUT2D eigenvalue weighted by atomic mass is 32.2. The van der Waals surface area contributed by atoms with Crippen molar-refractivity contribution in [2.24, 2.45) is 0 Å². The first-order chi connectivity index (χ1) is 16.0. The van der Waals surface area contributed by atoms with E-state index in [1.54, 1.807) is 12.1 Å². The van der Waals surface area contributed by atoms with E-state index in [1.807, 2.05) is 54.6 Å². The second-order valence-electron chi connectivity index (χ2n) is 7.83. The minimum absolute atomic E-state index is 0.0149. The quantitative estimate of drug-likeness (QED) is 0.309. The Morgan fingerprint density at radius 3 is 2.67 bits per heavy atom. The van der Waals surface area contributed by atoms with E-state index in [0.717, 1.165) is 21.4 Å². The molecule has 2 heterocycles. The molecule has 1 aromatic heterocycles. The molecule has 3 atom stereocenters. The van der Waals surface area contributed by atoms with Crippen molar-refractivity contribution in [3.63, 3.8) is 0 Å². The first-order valence-corrected chi connectivity index (χ1v) is 11.7. The lowest BCUT2D eigenvalue weighted by Crippen LogP contribution is -2.32. The summed E-state index contributed by atoms with van der Waals surface area (Å²) in [7, 11) is 0. The van der Waals surface area contributed by atoms with E-state index >= 15 is 0 Å². The summed E-state index contributed by atoms with van der Waals surface area (Å²) < 4.78 is 13.5. The Kier molecular flexibility index (Phi) is 7.61. The van der Waals surface area contributed by atoms with Gasteiger partial charge in [-0.25, -0.2) is 0 Å². The Morgan fingerprint density at radius 2 is 1.94 bits per heavy atom. The third-order valence-electron chi connectivity index (χ3n) is 5.30. The van der Waals surface area contributed by atoms with Crippen LogP contribution in [0.2, 0.25) is 0 Å². The molecule has 0 aliphatic carbocycles. The number of aliphatic hydroxyl groups is 1. The van der Waals surface area contributed by atoms with Gasteiger partial charge >= 0.3 is 0 Å². The van der Waals surface area contributed by atoms with Crippen molar-refractivity contribution in [3.8, 4) is 0 Å². The third-order valence-corrected chi connectivity index (χ3v) is 6.45. The fourth-order valence-electron chi connectivity index (χ4n) is 3.69. The summed E-state index contributed by atoms with van der Waals surface area (Å²) in [5.41, 5.74) is 3.30. The molecule has 1 saturated heterocycles. The number of aromatic nitrogens is 1. The fraction of sp³-hybridized carbons (Fsp3) is 0.280. The number of benzene rings is 2. The lowest BCUT2D eigenvalue weighted by Gasteiger charge is -2.36. The number of amides is 1. The summed E-state index contributed by atoms with van der Waals surface area (Å²) >= 11 is 1.45. The van der Waals surface area contributed by atoms with Crippen LogP contribution >= 0.6 is 11.8 Å². The minimum Gasteiger partial charge on any atom is -0.618 e. The number of thioether (sulfide) groups is 1. The van der Waals surface area contributed by atoms with Gasteiger partial charge in [-0.15, -0.1) is 0 Å². The van der Waals surface area contributed by atoms with Gasteiger partial charge in [0.1, 0.15) is 0 Å². The molecule has 2 aromatic carbocycles. The first kappa shape index (κ1) is 23.3. The average molecular weight is 467 g/mol. The monoisotopic (exact) mass is 466 g/mol. The molecule has 3 aromatic rings. The van der Waals surface area contributed by atoms with E-state index in [-0.39, 0.29) is 24.7 Å². The van der Waals surface area contributed by atoms with E-state index in [4.69, 9.17) is 9.47 Å². The van der Waals surface area contributed by atoms with Gasteiger partial charge in [-0.3, -0.25) is 4.79 Å². The molecular weight excluding hydrogens is 440 g/mol. The van der Waals surface area contributed by atoms with Gasteiger partial charge in [-0.1, -0.05) is 48.2 Å². The molecule has 0 bridgehead atoms. The Morgan fingerprint density at radius 1 is 1.12 bits per heavy atom. The van der Waals surface area contributed by atoms with Crippen LogP contribution in [0.3, 0.4) is 0 Å². The predicted molar refractivity (Wildman–Crippen MR) is 125 cm³/mol. The summed E-state index contributed by atoms with van der Waals surface area (Å²) in [6.07, 6.45) is 1.09. The summed E-state index contributed by atoms with van der Waals surface area (Å²) in [6, 6.07) is 20.4. The molecule has 0 unspecified atom stereocenters. The van der Waals surface area contributed by atoms with Crippen LogP contribution < -0.4 is 10.0 Å². The van der Waals surface area contributed by atoms with Crippen LogP contribution in [-0.2, 0) is 20.9 Å². The molecule has 0 saturated carbocycles. The molecule has 172 valence electrons. The highest BCUT2D eigenvalue weighted by molar-refractivity contribution is 7.99. The number of carbonyl (C=O) groups is 1. The van der Waals surface area contributed by atoms with Gasteiger partial charge in [0.2, 0.25) is 5.91 Å². The van der Waals surface area contributed by atoms with Gasteiger partial charge < -0.3 is 25.1 Å². The number of hydrogen-bond donors (Lipinski definition) is 2. The van der Waals surface area contributed by atoms with Gasteiger partial charge in [0.05, 0.1) is 18.8 Å². The van der Waals surface area contributed by atoms with Crippen molar-refractivity contribution in [1.82, 2.24) is 0 Å². The molecule has 0 spiro atoms. The van der Waals surface area contributed by atoms with Gasteiger partial charge in [0, 0.05) is 42.5 Å². The number of carbonyl (C=O) groups excluding carboxylic acids is 1. The summed E-state index contributed by atoms with van der Waals surface area (Å²) in [5, 5.41) is 24.8. The van der Waals surface area contributed by atoms with Crippen molar-refractivity contribution >= 4 is 23.4 Å². The Labute approximate surface area is 196 Å². The van der Waals surface area contributed by atoms with Gasteiger partial charge in [-0.05, 0) is 29.3 Å². The Hall–Kier alpha value is -2.91. The zero-order valence-electron chi connectivity index (χ0n) is 18.2. The Bertz CT molecular complexity index is 1090. The molecule has 1 fully saturated rings. The van der Waals surface area contributed by atoms with Gasteiger partial charge in [0.15, 0.2) is 12.5 Å². The standard InChI is InChI=1S/C25H26N2O5S/c1-17(29)26-21-6-4-5-20(13-21)25-31-22(16-33-24-7-2-3-12-27(24)30)14-23(32-25)19-10-8-18(15-28)9-11-19/h2-13,22-23,25,28H,14-16H2,1H3,(H,26,29)/t22-,23+,25+/m1/s1. The van der Waals surface area contributed by atoms with Crippen LogP contribution in [0.4, 0.5) is 5.69 Å². The van der Waals surface area contributed by atoms with Crippen molar-refractivity contribution in [3.05, 3.63) is 94.8 Å². The van der Waals surface area contributed by atoms with Gasteiger partial charge in [-0.2, -0.15) is 4.73 Å². The van der Waals surface area contributed by atoms with Crippen molar-refractivity contribution in [2.45, 2.75) is 43.5 Å². The lowest BCUT2D eigenvalue weighted by molar-refractivity contribution is -0.645. The van der Waals surface area contributed by atoms with E-state index in [0.29, 0.717) is 22.9 Å². The maximum absolute atomic E-state index is 12.0. The molecule has 7 nitrogen and oxygen atoms in total. The molecular formula is C25H26N2O5S. The molecule has 0 radical (unpaired) electrons. The largest absolute Gasteiger partial charge is 0.618 e. The number of ether oxygens (including phenoxy) is 2. The number of pyridine rings is 1. The lowest BCUT2D eigenvalue weighted by atomic mass is 10.0. The number of aliphatic hydroxyl groups excluding tert-OH is 1. The number of nitrogens with zero attached hydrogens (tertiary/aromatic N) is 1. The van der Waals surface area contributed by atoms with Crippen LogP contribution in [0.5, 0.6) is 0 Å². The number of hydrogen-bond acceptors (Lipinski definition) is 6. The zero-order valence-corrected chi connectivity index (χ0v) is 19.0. The molecule has 1 amide bonds. The summed E-state index contributed by atoms with van der Waals surface area (Å²) in [4.78, 5) is 11.5. The highest BCUT2D eigenvalue weighted by Gasteiger charge is 2.32. The molecule has 1 aliphatic rings. The highest BCUT2D eigenvalue weighted by Crippen LogP contribution is 2.39. The van der Waals surface area contributed by atoms with E-state index < -0.39 is 6.29 Å². The van der Waals surface area contributed by atoms with Crippen LogP contribution in [-0.4, -0.2) is 22.9 Å². The van der Waals surface area contributed by atoms with Crippen LogP contribution in [0.1, 0.15) is 42.4 Å². The van der Waals surface area contributed by atoms with Crippen LogP contribution in [0.25, 0.3) is 0 Å². The molecule has 2 N–H and O–H groups in total. The van der Waals surface area contributed by atoms with Crippen molar-refractivity contribution in [1.29, 1.82) is 0 Å². The van der Waals surface area contributed by atoms with E-state index in [2.05, 4.69) is 5.32 Å². The second kappa shape index (κ2) is 10.8. The number of rotatable bonds is 7. The Balaban J connectivity index is 1.56. The smallest absolute Gasteiger partial charge is 0.251 e. The number of anilines is 1. The van der Waals surface area contributed by atoms with E-state index in [9.17, 15) is 15.1 Å². The molecule has 33 heavy (non-hydrogen) atoms. The average Bonchev–Trinajstić information content (AvgIpc) is 2.83. The molecule has 1 aliphatic heterocycles. The predicted octanol–water partition coefficient (Wildman–Crippen LogP) is 4.11.